The van der Waals surface area contributed by atoms with Gasteiger partial charge in [0.15, 0.2) is 6.61 Å². The molecular formula is C29H26N2O5. The van der Waals surface area contributed by atoms with Crippen LogP contribution in [0.4, 0.5) is 5.69 Å². The Morgan fingerprint density at radius 2 is 1.67 bits per heavy atom. The van der Waals surface area contributed by atoms with E-state index in [2.05, 4.69) is 0 Å². The Morgan fingerprint density at radius 3 is 2.42 bits per heavy atom. The Hall–Kier alpha value is -4.23. The van der Waals surface area contributed by atoms with Crippen LogP contribution in [-0.2, 0) is 14.3 Å². The van der Waals surface area contributed by atoms with Gasteiger partial charge in [0.1, 0.15) is 5.75 Å². The van der Waals surface area contributed by atoms with Crippen LogP contribution in [0.3, 0.4) is 0 Å². The van der Waals surface area contributed by atoms with Crippen LogP contribution in [0.1, 0.15) is 22.8 Å². The van der Waals surface area contributed by atoms with E-state index in [0.29, 0.717) is 49.0 Å². The van der Waals surface area contributed by atoms with Crippen LogP contribution in [0.2, 0.25) is 0 Å². The number of Topliss-reactive ketones (excluding diaryl/α,β-unsaturated/α-hetero) is 1. The van der Waals surface area contributed by atoms with Crippen molar-refractivity contribution in [3.63, 3.8) is 0 Å². The molecule has 1 saturated heterocycles. The molecule has 0 aromatic heterocycles. The number of fused-ring (bicyclic) bond motifs is 1. The van der Waals surface area contributed by atoms with E-state index in [1.165, 1.54) is 11.8 Å². The van der Waals surface area contributed by atoms with Crippen molar-refractivity contribution in [3.8, 4) is 16.9 Å². The Kier molecular flexibility index (Phi) is 6.64. The van der Waals surface area contributed by atoms with Crippen molar-refractivity contribution in [2.24, 2.45) is 0 Å². The Morgan fingerprint density at radius 1 is 0.944 bits per heavy atom. The maximum absolute atomic E-state index is 13.1. The van der Waals surface area contributed by atoms with E-state index in [0.717, 1.165) is 16.7 Å². The molecule has 182 valence electrons. The number of carbonyl (C=O) groups excluding carboxylic acids is 3. The van der Waals surface area contributed by atoms with Gasteiger partial charge >= 0.3 is 0 Å². The van der Waals surface area contributed by atoms with E-state index in [1.807, 2.05) is 48.5 Å². The Balaban J connectivity index is 1.47. The van der Waals surface area contributed by atoms with E-state index in [9.17, 15) is 14.4 Å². The second-order valence-electron chi connectivity index (χ2n) is 8.63. The zero-order valence-electron chi connectivity index (χ0n) is 20.0. The van der Waals surface area contributed by atoms with E-state index in [1.54, 1.807) is 35.2 Å². The van der Waals surface area contributed by atoms with Crippen LogP contribution in [0.25, 0.3) is 17.2 Å². The first kappa shape index (κ1) is 23.5. The maximum atomic E-state index is 13.1. The van der Waals surface area contributed by atoms with Crippen LogP contribution in [0, 0.1) is 0 Å². The molecule has 36 heavy (non-hydrogen) atoms. The third-order valence-corrected chi connectivity index (χ3v) is 6.28. The van der Waals surface area contributed by atoms with Crippen molar-refractivity contribution in [1.29, 1.82) is 0 Å². The number of nitrogens with zero attached hydrogens (tertiary/aromatic N) is 2. The Labute approximate surface area is 209 Å². The van der Waals surface area contributed by atoms with Gasteiger partial charge in [-0.1, -0.05) is 48.5 Å². The summed E-state index contributed by atoms with van der Waals surface area (Å²) < 4.78 is 11.3. The number of anilines is 1. The number of hydrogen-bond acceptors (Lipinski definition) is 5. The number of ether oxygens (including phenoxy) is 2. The second kappa shape index (κ2) is 10.2. The summed E-state index contributed by atoms with van der Waals surface area (Å²) in [7, 11) is 0. The second-order valence-corrected chi connectivity index (χ2v) is 8.63. The Bertz CT molecular complexity index is 1340. The molecule has 0 unspecified atom stereocenters. The summed E-state index contributed by atoms with van der Waals surface area (Å²) in [4.78, 5) is 41.4. The number of amides is 2. The number of carbonyl (C=O) groups is 3. The van der Waals surface area contributed by atoms with Crippen molar-refractivity contribution in [2.45, 2.75) is 6.92 Å². The van der Waals surface area contributed by atoms with Crippen LogP contribution >= 0.6 is 0 Å². The van der Waals surface area contributed by atoms with Crippen molar-refractivity contribution >= 4 is 29.4 Å². The van der Waals surface area contributed by atoms with Gasteiger partial charge in [0.2, 0.25) is 11.7 Å². The summed E-state index contributed by atoms with van der Waals surface area (Å²) in [5.74, 6) is 0.0484. The summed E-state index contributed by atoms with van der Waals surface area (Å²) >= 11 is 0. The summed E-state index contributed by atoms with van der Waals surface area (Å²) in [6.07, 6.45) is 1.72. The minimum absolute atomic E-state index is 0.0772. The van der Waals surface area contributed by atoms with Gasteiger partial charge < -0.3 is 14.4 Å². The quantitative estimate of drug-likeness (QED) is 0.510. The molecule has 3 aromatic carbocycles. The lowest BCUT2D eigenvalue weighted by molar-refractivity contribution is -0.137. The molecule has 1 fully saturated rings. The topological polar surface area (TPSA) is 76.2 Å². The minimum Gasteiger partial charge on any atom is -0.483 e. The largest absolute Gasteiger partial charge is 0.483 e. The highest BCUT2D eigenvalue weighted by atomic mass is 16.5. The van der Waals surface area contributed by atoms with Gasteiger partial charge in [0, 0.05) is 31.1 Å². The van der Waals surface area contributed by atoms with Crippen LogP contribution in [-0.4, -0.2) is 55.4 Å². The molecule has 0 saturated carbocycles. The van der Waals surface area contributed by atoms with Crippen LogP contribution in [0.15, 0.2) is 78.5 Å². The van der Waals surface area contributed by atoms with Crippen molar-refractivity contribution in [3.05, 3.63) is 89.6 Å². The fourth-order valence-electron chi connectivity index (χ4n) is 4.51. The average Bonchev–Trinajstić information content (AvgIpc) is 3.20. The highest BCUT2D eigenvalue weighted by molar-refractivity contribution is 6.26. The third kappa shape index (κ3) is 4.65. The molecule has 0 atom stereocenters. The monoisotopic (exact) mass is 482 g/mol. The highest BCUT2D eigenvalue weighted by Crippen LogP contribution is 2.37. The fraction of sp³-hybridized carbons (Fsp3) is 0.207. The van der Waals surface area contributed by atoms with E-state index >= 15 is 0 Å². The van der Waals surface area contributed by atoms with Gasteiger partial charge in [0.05, 0.1) is 24.6 Å². The molecule has 0 aliphatic carbocycles. The van der Waals surface area contributed by atoms with Crippen molar-refractivity contribution in [2.75, 3.05) is 37.8 Å². The molecule has 7 nitrogen and oxygen atoms in total. The first-order valence-electron chi connectivity index (χ1n) is 11.9. The van der Waals surface area contributed by atoms with Gasteiger partial charge in [-0.05, 0) is 41.5 Å². The molecule has 0 spiro atoms. The first-order valence-corrected chi connectivity index (χ1v) is 11.9. The fourth-order valence-corrected chi connectivity index (χ4v) is 4.51. The number of ketones is 1. The molecule has 2 heterocycles. The van der Waals surface area contributed by atoms with E-state index in [-0.39, 0.29) is 24.2 Å². The number of rotatable bonds is 5. The SMILES string of the molecule is CC(=O)N1/C(=C\c2ccc(OCC(=O)N3CCOCC3)c(-c3ccccc3)c2)C(=O)c2ccccc21. The van der Waals surface area contributed by atoms with Crippen molar-refractivity contribution < 1.29 is 23.9 Å². The third-order valence-electron chi connectivity index (χ3n) is 6.28. The average molecular weight is 483 g/mol. The van der Waals surface area contributed by atoms with Crippen LogP contribution in [0.5, 0.6) is 5.75 Å². The number of hydrogen-bond donors (Lipinski definition) is 0. The van der Waals surface area contributed by atoms with Gasteiger partial charge in [0.25, 0.3) is 5.91 Å². The summed E-state index contributed by atoms with van der Waals surface area (Å²) in [5.41, 5.74) is 3.84. The molecule has 2 aliphatic rings. The van der Waals surface area contributed by atoms with Crippen molar-refractivity contribution in [1.82, 2.24) is 4.90 Å². The molecule has 2 amide bonds. The molecule has 7 heteroatoms. The first-order chi connectivity index (χ1) is 17.5. The van der Waals surface area contributed by atoms with E-state index in [4.69, 9.17) is 9.47 Å². The maximum Gasteiger partial charge on any atom is 0.260 e. The highest BCUT2D eigenvalue weighted by Gasteiger charge is 2.34. The summed E-state index contributed by atoms with van der Waals surface area (Å²) in [5, 5.41) is 0. The van der Waals surface area contributed by atoms with Gasteiger partial charge in [-0.2, -0.15) is 0 Å². The summed E-state index contributed by atoms with van der Waals surface area (Å²) in [6.45, 7) is 3.55. The normalized spacial score (nSPS) is 16.2. The number of benzene rings is 3. The summed E-state index contributed by atoms with van der Waals surface area (Å²) in [6, 6.07) is 22.3. The number of morpholine rings is 1. The number of allylic oxidation sites excluding steroid dienone is 1. The zero-order valence-corrected chi connectivity index (χ0v) is 20.0. The molecule has 2 aliphatic heterocycles. The zero-order chi connectivity index (χ0) is 25.1. The predicted octanol–water partition coefficient (Wildman–Crippen LogP) is 4.18. The lowest BCUT2D eigenvalue weighted by Crippen LogP contribution is -2.43. The molecule has 0 bridgehead atoms. The molecule has 3 aromatic rings. The van der Waals surface area contributed by atoms with Gasteiger partial charge in [-0.3, -0.25) is 19.3 Å². The molecule has 5 rings (SSSR count). The van der Waals surface area contributed by atoms with Crippen LogP contribution < -0.4 is 9.64 Å². The molecule has 0 radical (unpaired) electrons. The lowest BCUT2D eigenvalue weighted by atomic mass is 10.0. The standard InChI is InChI=1S/C29H26N2O5/c1-20(32)31-25-10-6-5-9-23(25)29(34)26(31)18-21-11-12-27(24(17-21)22-7-3-2-4-8-22)36-19-28(33)30-13-15-35-16-14-30/h2-12,17-18H,13-16,19H2,1H3/b26-18-. The van der Waals surface area contributed by atoms with Gasteiger partial charge in [-0.25, -0.2) is 0 Å². The van der Waals surface area contributed by atoms with Gasteiger partial charge in [-0.15, -0.1) is 0 Å². The van der Waals surface area contributed by atoms with E-state index < -0.39 is 0 Å². The smallest absolute Gasteiger partial charge is 0.260 e. The molecular weight excluding hydrogens is 456 g/mol. The molecule has 0 N–H and O–H groups in total. The number of para-hydroxylation sites is 1. The predicted molar refractivity (Wildman–Crippen MR) is 137 cm³/mol. The minimum atomic E-state index is -0.232. The lowest BCUT2D eigenvalue weighted by Gasteiger charge is -2.27.